The zero-order valence-corrected chi connectivity index (χ0v) is 28.2. The molecule has 47 heavy (non-hydrogen) atoms. The normalized spacial score (nSPS) is 17.7. The van der Waals surface area contributed by atoms with Gasteiger partial charge in [0.25, 0.3) is 5.91 Å². The number of para-hydroxylation sites is 1. The molecule has 11 heteroatoms. The molecule has 0 aromatic heterocycles. The Morgan fingerprint density at radius 3 is 2.32 bits per heavy atom. The van der Waals surface area contributed by atoms with Crippen molar-refractivity contribution in [2.24, 2.45) is 5.92 Å². The molecule has 2 fully saturated rings. The molecule has 2 amide bonds. The van der Waals surface area contributed by atoms with Gasteiger partial charge in [0.05, 0.1) is 22.7 Å². The van der Waals surface area contributed by atoms with Gasteiger partial charge in [0.15, 0.2) is 5.75 Å². The zero-order valence-electron chi connectivity index (χ0n) is 25.9. The Morgan fingerprint density at radius 1 is 0.915 bits per heavy atom. The Labute approximate surface area is 290 Å². The van der Waals surface area contributed by atoms with Crippen LogP contribution in [0, 0.1) is 5.92 Å². The number of amides is 2. The van der Waals surface area contributed by atoms with E-state index in [1.54, 1.807) is 18.2 Å². The highest BCUT2D eigenvalue weighted by Gasteiger charge is 2.38. The van der Waals surface area contributed by atoms with Crippen molar-refractivity contribution >= 4 is 52.2 Å². The SMILES string of the molecule is O=C(NCc1ccc(Cl)c(CN(C(=O)C2=C(c3ccc(OCCOc4c(Cl)cccc4Cl)cc3)CCNC2CO)C2CC2)c1)C1CC1. The minimum absolute atomic E-state index is 0.0861. The number of hydrogen-bond donors (Lipinski definition) is 3. The molecule has 3 aliphatic rings. The average molecular weight is 699 g/mol. The lowest BCUT2D eigenvalue weighted by Crippen LogP contribution is -2.46. The highest BCUT2D eigenvalue weighted by molar-refractivity contribution is 6.37. The predicted octanol–water partition coefficient (Wildman–Crippen LogP) is 6.43. The molecule has 6 rings (SSSR count). The summed E-state index contributed by atoms with van der Waals surface area (Å²) in [6.45, 7) is 1.76. The topological polar surface area (TPSA) is 100 Å². The summed E-state index contributed by atoms with van der Waals surface area (Å²) in [6.07, 6.45) is 4.37. The predicted molar refractivity (Wildman–Crippen MR) is 184 cm³/mol. The summed E-state index contributed by atoms with van der Waals surface area (Å²) in [5, 5.41) is 18.1. The third-order valence-corrected chi connectivity index (χ3v) is 9.65. The number of aliphatic hydroxyl groups excluding tert-OH is 1. The third-order valence-electron chi connectivity index (χ3n) is 8.69. The van der Waals surface area contributed by atoms with Crippen LogP contribution in [0.4, 0.5) is 0 Å². The molecule has 3 aromatic rings. The van der Waals surface area contributed by atoms with Gasteiger partial charge in [-0.3, -0.25) is 9.59 Å². The Bertz CT molecular complexity index is 1620. The zero-order chi connectivity index (χ0) is 32.9. The first-order valence-electron chi connectivity index (χ1n) is 16.1. The summed E-state index contributed by atoms with van der Waals surface area (Å²) < 4.78 is 11.6. The number of benzene rings is 3. The van der Waals surface area contributed by atoms with Crippen molar-refractivity contribution in [3.8, 4) is 11.5 Å². The van der Waals surface area contributed by atoms with Crippen molar-refractivity contribution in [1.82, 2.24) is 15.5 Å². The third kappa shape index (κ3) is 8.42. The smallest absolute Gasteiger partial charge is 0.252 e. The minimum Gasteiger partial charge on any atom is -0.490 e. The van der Waals surface area contributed by atoms with Gasteiger partial charge < -0.3 is 30.1 Å². The molecule has 1 unspecified atom stereocenters. The van der Waals surface area contributed by atoms with Crippen LogP contribution in [0.15, 0.2) is 66.2 Å². The fourth-order valence-electron chi connectivity index (χ4n) is 5.86. The van der Waals surface area contributed by atoms with E-state index in [1.165, 1.54) is 0 Å². The second-order valence-corrected chi connectivity index (χ2v) is 13.4. The standard InChI is InChI=1S/C36H38Cl3N3O5/c37-29-13-4-22(19-41-35(44)24-5-6-24)18-25(29)20-42(26-9-10-26)36(45)33-28(14-15-40-32(33)21-43)23-7-11-27(12-8-23)46-16-17-47-34-30(38)2-1-3-31(34)39/h1-4,7-8,11-13,18,24,26,32,40,43H,5-6,9-10,14-17,19-21H2,(H,41,44). The summed E-state index contributed by atoms with van der Waals surface area (Å²) in [5.41, 5.74) is 4.16. The molecule has 1 aliphatic heterocycles. The van der Waals surface area contributed by atoms with E-state index in [1.807, 2.05) is 47.4 Å². The summed E-state index contributed by atoms with van der Waals surface area (Å²) in [4.78, 5) is 28.5. The van der Waals surface area contributed by atoms with Gasteiger partial charge in [-0.05, 0) is 91.2 Å². The van der Waals surface area contributed by atoms with Crippen molar-refractivity contribution in [3.63, 3.8) is 0 Å². The molecule has 0 bridgehead atoms. The van der Waals surface area contributed by atoms with Gasteiger partial charge in [-0.25, -0.2) is 0 Å². The molecule has 1 atom stereocenters. The number of carbonyl (C=O) groups excluding carboxylic acids is 2. The van der Waals surface area contributed by atoms with Crippen molar-refractivity contribution in [2.45, 2.75) is 57.3 Å². The number of nitrogens with one attached hydrogen (secondary N) is 2. The monoisotopic (exact) mass is 697 g/mol. The van der Waals surface area contributed by atoms with E-state index in [2.05, 4.69) is 10.6 Å². The molecular weight excluding hydrogens is 661 g/mol. The van der Waals surface area contributed by atoms with E-state index in [-0.39, 0.29) is 43.6 Å². The maximum absolute atomic E-state index is 14.4. The van der Waals surface area contributed by atoms with E-state index in [0.29, 0.717) is 58.2 Å². The number of rotatable bonds is 14. The number of carbonyl (C=O) groups is 2. The lowest BCUT2D eigenvalue weighted by atomic mass is 9.88. The van der Waals surface area contributed by atoms with Crippen LogP contribution < -0.4 is 20.1 Å². The fraction of sp³-hybridized carbons (Fsp3) is 0.389. The maximum atomic E-state index is 14.4. The van der Waals surface area contributed by atoms with Gasteiger partial charge >= 0.3 is 0 Å². The number of halogens is 3. The molecular formula is C36H38Cl3N3O5. The fourth-order valence-corrected chi connectivity index (χ4v) is 6.54. The van der Waals surface area contributed by atoms with Crippen LogP contribution in [-0.2, 0) is 22.7 Å². The largest absolute Gasteiger partial charge is 0.490 e. The van der Waals surface area contributed by atoms with Gasteiger partial charge in [-0.1, -0.05) is 65.1 Å². The number of ether oxygens (including phenoxy) is 2. The molecule has 0 spiro atoms. The Kier molecular flexibility index (Phi) is 10.9. The van der Waals surface area contributed by atoms with Crippen LogP contribution in [0.25, 0.3) is 5.57 Å². The lowest BCUT2D eigenvalue weighted by Gasteiger charge is -2.33. The summed E-state index contributed by atoms with van der Waals surface area (Å²) in [5.74, 6) is 1.21. The number of hydrogen-bond acceptors (Lipinski definition) is 6. The molecule has 0 saturated heterocycles. The molecule has 248 valence electrons. The van der Waals surface area contributed by atoms with Gasteiger partial charge in [0.2, 0.25) is 5.91 Å². The van der Waals surface area contributed by atoms with E-state index >= 15 is 0 Å². The first-order valence-corrected chi connectivity index (χ1v) is 17.2. The Hall–Kier alpha value is -3.27. The molecule has 1 heterocycles. The van der Waals surface area contributed by atoms with Gasteiger partial charge in [0, 0.05) is 35.6 Å². The molecule has 2 saturated carbocycles. The highest BCUT2D eigenvalue weighted by atomic mass is 35.5. The van der Waals surface area contributed by atoms with Crippen molar-refractivity contribution in [3.05, 3.63) is 98.0 Å². The first-order chi connectivity index (χ1) is 22.8. The molecule has 2 aliphatic carbocycles. The van der Waals surface area contributed by atoms with E-state index in [0.717, 1.165) is 47.9 Å². The summed E-state index contributed by atoms with van der Waals surface area (Å²) in [6, 6.07) is 18.1. The minimum atomic E-state index is -0.489. The molecule has 3 aromatic carbocycles. The molecule has 8 nitrogen and oxygen atoms in total. The van der Waals surface area contributed by atoms with Crippen molar-refractivity contribution in [1.29, 1.82) is 0 Å². The van der Waals surface area contributed by atoms with Crippen molar-refractivity contribution in [2.75, 3.05) is 26.4 Å². The molecule has 3 N–H and O–H groups in total. The average Bonchev–Trinajstić information content (AvgIpc) is 4.01. The number of aliphatic hydroxyl groups is 1. The van der Waals surface area contributed by atoms with Gasteiger partial charge in [0.1, 0.15) is 19.0 Å². The van der Waals surface area contributed by atoms with Gasteiger partial charge in [-0.2, -0.15) is 0 Å². The second kappa shape index (κ2) is 15.3. The van der Waals surface area contributed by atoms with Crippen LogP contribution in [-0.4, -0.2) is 60.3 Å². The second-order valence-electron chi connectivity index (χ2n) is 12.2. The van der Waals surface area contributed by atoms with Crippen LogP contribution in [0.3, 0.4) is 0 Å². The summed E-state index contributed by atoms with van der Waals surface area (Å²) in [7, 11) is 0. The van der Waals surface area contributed by atoms with Gasteiger partial charge in [-0.15, -0.1) is 0 Å². The van der Waals surface area contributed by atoms with E-state index in [9.17, 15) is 14.7 Å². The highest BCUT2D eigenvalue weighted by Crippen LogP contribution is 2.36. The van der Waals surface area contributed by atoms with Crippen molar-refractivity contribution < 1.29 is 24.2 Å². The summed E-state index contributed by atoms with van der Waals surface area (Å²) >= 11 is 19.0. The van der Waals surface area contributed by atoms with E-state index < -0.39 is 6.04 Å². The van der Waals surface area contributed by atoms with E-state index in [4.69, 9.17) is 44.3 Å². The lowest BCUT2D eigenvalue weighted by molar-refractivity contribution is -0.128. The first kappa shape index (κ1) is 33.6. The Balaban J connectivity index is 1.16. The maximum Gasteiger partial charge on any atom is 0.252 e. The van der Waals surface area contributed by atoms with Crippen LogP contribution in [0.1, 0.15) is 48.8 Å². The van der Waals surface area contributed by atoms with Crippen LogP contribution in [0.5, 0.6) is 11.5 Å². The Morgan fingerprint density at radius 2 is 1.64 bits per heavy atom. The van der Waals surface area contributed by atoms with Crippen LogP contribution in [0.2, 0.25) is 15.1 Å². The number of nitrogens with zero attached hydrogens (tertiary/aromatic N) is 1. The van der Waals surface area contributed by atoms with Crippen LogP contribution >= 0.6 is 34.8 Å². The molecule has 0 radical (unpaired) electrons. The quantitative estimate of drug-likeness (QED) is 0.168.